The fourth-order valence-electron chi connectivity index (χ4n) is 0.910. The highest BCUT2D eigenvalue weighted by atomic mass is 19.4. The fourth-order valence-corrected chi connectivity index (χ4v) is 0.910. The number of rotatable bonds is 2. The molecular weight excluding hydrogens is 237 g/mol. The second-order valence-electron chi connectivity index (χ2n) is 3.19. The van der Waals surface area contributed by atoms with Gasteiger partial charge in [-0.15, -0.1) is 0 Å². The lowest BCUT2D eigenvalue weighted by atomic mass is 10.2. The van der Waals surface area contributed by atoms with Crippen molar-refractivity contribution < 1.29 is 23.1 Å². The molecule has 0 aliphatic carbocycles. The van der Waals surface area contributed by atoms with Crippen molar-refractivity contribution in [2.75, 3.05) is 0 Å². The first-order valence-electron chi connectivity index (χ1n) is 4.51. The second kappa shape index (κ2) is 4.86. The molecule has 0 spiro atoms. The SMILES string of the molecule is C/C(=N\NC(=O)c1cccc(O)c1)C(F)(F)F. The average Bonchev–Trinajstić information content (AvgIpc) is 2.24. The molecular formula is C10H9F3N2O2. The van der Waals surface area contributed by atoms with Crippen molar-refractivity contribution in [1.82, 2.24) is 5.43 Å². The van der Waals surface area contributed by atoms with Crippen LogP contribution in [-0.2, 0) is 0 Å². The van der Waals surface area contributed by atoms with Crippen LogP contribution < -0.4 is 5.43 Å². The first-order chi connectivity index (χ1) is 7.80. The summed E-state index contributed by atoms with van der Waals surface area (Å²) in [5.41, 5.74) is 0.607. The van der Waals surface area contributed by atoms with Crippen LogP contribution in [-0.4, -0.2) is 22.9 Å². The summed E-state index contributed by atoms with van der Waals surface area (Å²) < 4.78 is 36.1. The molecule has 92 valence electrons. The van der Waals surface area contributed by atoms with Crippen LogP contribution in [0.25, 0.3) is 0 Å². The molecule has 1 aromatic carbocycles. The minimum Gasteiger partial charge on any atom is -0.508 e. The number of halogens is 3. The second-order valence-corrected chi connectivity index (χ2v) is 3.19. The van der Waals surface area contributed by atoms with E-state index in [0.717, 1.165) is 13.0 Å². The minimum atomic E-state index is -4.58. The third kappa shape index (κ3) is 3.78. The normalized spacial score (nSPS) is 12.4. The summed E-state index contributed by atoms with van der Waals surface area (Å²) in [4.78, 5) is 11.3. The number of amides is 1. The molecule has 1 amide bonds. The third-order valence-corrected chi connectivity index (χ3v) is 1.84. The average molecular weight is 246 g/mol. The van der Waals surface area contributed by atoms with Crippen LogP contribution >= 0.6 is 0 Å². The third-order valence-electron chi connectivity index (χ3n) is 1.84. The van der Waals surface area contributed by atoms with Crippen molar-refractivity contribution in [3.05, 3.63) is 29.8 Å². The number of carbonyl (C=O) groups is 1. The van der Waals surface area contributed by atoms with E-state index < -0.39 is 17.8 Å². The number of phenols is 1. The van der Waals surface area contributed by atoms with Gasteiger partial charge in [-0.3, -0.25) is 4.79 Å². The van der Waals surface area contributed by atoms with Gasteiger partial charge in [0.05, 0.1) is 0 Å². The molecule has 0 aromatic heterocycles. The molecule has 0 bridgehead atoms. The Kier molecular flexibility index (Phi) is 3.72. The van der Waals surface area contributed by atoms with E-state index in [1.54, 1.807) is 5.43 Å². The first kappa shape index (κ1) is 13.0. The highest BCUT2D eigenvalue weighted by Crippen LogP contribution is 2.16. The molecule has 7 heteroatoms. The van der Waals surface area contributed by atoms with Crippen molar-refractivity contribution in [2.24, 2.45) is 5.10 Å². The van der Waals surface area contributed by atoms with Crippen LogP contribution in [0, 0.1) is 0 Å². The van der Waals surface area contributed by atoms with Gasteiger partial charge in [-0.2, -0.15) is 18.3 Å². The quantitative estimate of drug-likeness (QED) is 0.619. The van der Waals surface area contributed by atoms with Gasteiger partial charge in [0, 0.05) is 5.56 Å². The number of hydrogen-bond donors (Lipinski definition) is 2. The maximum Gasteiger partial charge on any atom is 0.430 e. The van der Waals surface area contributed by atoms with Gasteiger partial charge in [-0.25, -0.2) is 5.43 Å². The molecule has 0 saturated heterocycles. The molecule has 1 rings (SSSR count). The molecule has 0 aliphatic heterocycles. The predicted molar refractivity (Wildman–Crippen MR) is 54.7 cm³/mol. The van der Waals surface area contributed by atoms with Crippen molar-refractivity contribution >= 4 is 11.6 Å². The zero-order valence-electron chi connectivity index (χ0n) is 8.75. The van der Waals surface area contributed by atoms with Crippen LogP contribution in [0.4, 0.5) is 13.2 Å². The summed E-state index contributed by atoms with van der Waals surface area (Å²) in [5, 5.41) is 12.0. The summed E-state index contributed by atoms with van der Waals surface area (Å²) in [6.45, 7) is 0.739. The lowest BCUT2D eigenvalue weighted by Gasteiger charge is -2.05. The minimum absolute atomic E-state index is 0.0173. The van der Waals surface area contributed by atoms with Crippen LogP contribution in [0.1, 0.15) is 17.3 Å². The number of hydrazone groups is 1. The predicted octanol–water partition coefficient (Wildman–Crippen LogP) is 2.06. The highest BCUT2D eigenvalue weighted by Gasteiger charge is 2.32. The molecule has 0 unspecified atom stereocenters. The number of nitrogens with zero attached hydrogens (tertiary/aromatic N) is 1. The van der Waals surface area contributed by atoms with Gasteiger partial charge in [0.1, 0.15) is 11.5 Å². The van der Waals surface area contributed by atoms with Gasteiger partial charge in [0.15, 0.2) is 0 Å². The van der Waals surface area contributed by atoms with Gasteiger partial charge >= 0.3 is 6.18 Å². The van der Waals surface area contributed by atoms with Crippen molar-refractivity contribution in [2.45, 2.75) is 13.1 Å². The molecule has 0 aliphatic rings. The maximum atomic E-state index is 12.0. The van der Waals surface area contributed by atoms with E-state index in [1.807, 2.05) is 0 Å². The Morgan fingerprint density at radius 3 is 2.59 bits per heavy atom. The molecule has 0 heterocycles. The van der Waals surface area contributed by atoms with E-state index in [9.17, 15) is 18.0 Å². The lowest BCUT2D eigenvalue weighted by molar-refractivity contribution is -0.0595. The Morgan fingerprint density at radius 1 is 1.41 bits per heavy atom. The van der Waals surface area contributed by atoms with E-state index >= 15 is 0 Å². The lowest BCUT2D eigenvalue weighted by Crippen LogP contribution is -2.26. The largest absolute Gasteiger partial charge is 0.508 e. The summed E-state index contributed by atoms with van der Waals surface area (Å²) in [6, 6.07) is 5.19. The smallest absolute Gasteiger partial charge is 0.430 e. The summed E-state index contributed by atoms with van der Waals surface area (Å²) in [6.07, 6.45) is -4.58. The van der Waals surface area contributed by atoms with Gasteiger partial charge < -0.3 is 5.11 Å². The molecule has 1 aromatic rings. The van der Waals surface area contributed by atoms with Crippen LogP contribution in [0.2, 0.25) is 0 Å². The Morgan fingerprint density at radius 2 is 2.06 bits per heavy atom. The monoisotopic (exact) mass is 246 g/mol. The molecule has 0 saturated carbocycles. The van der Waals surface area contributed by atoms with Gasteiger partial charge in [0.25, 0.3) is 5.91 Å². The highest BCUT2D eigenvalue weighted by molar-refractivity contribution is 5.96. The van der Waals surface area contributed by atoms with Gasteiger partial charge in [-0.1, -0.05) is 6.07 Å². The van der Waals surface area contributed by atoms with Gasteiger partial charge in [0.2, 0.25) is 0 Å². The number of benzene rings is 1. The summed E-state index contributed by atoms with van der Waals surface area (Å²) in [5.74, 6) is -0.987. The maximum absolute atomic E-state index is 12.0. The number of phenolic OH excluding ortho intramolecular Hbond substituents is 1. The topological polar surface area (TPSA) is 61.7 Å². The Hall–Kier alpha value is -2.05. The number of hydrogen-bond acceptors (Lipinski definition) is 3. The molecule has 2 N–H and O–H groups in total. The number of nitrogens with one attached hydrogen (secondary N) is 1. The van der Waals surface area contributed by atoms with Crippen LogP contribution in [0.15, 0.2) is 29.4 Å². The molecule has 17 heavy (non-hydrogen) atoms. The standard InChI is InChI=1S/C10H9F3N2O2/c1-6(10(11,12)13)14-15-9(17)7-3-2-4-8(16)5-7/h2-5,16H,1H3,(H,15,17)/b14-6+. The van der Waals surface area contributed by atoms with Crippen molar-refractivity contribution in [3.8, 4) is 5.75 Å². The Balaban J connectivity index is 2.75. The van der Waals surface area contributed by atoms with Crippen molar-refractivity contribution in [1.29, 1.82) is 0 Å². The fraction of sp³-hybridized carbons (Fsp3) is 0.200. The Bertz CT molecular complexity index is 455. The summed E-state index contributed by atoms with van der Waals surface area (Å²) >= 11 is 0. The van der Waals surface area contributed by atoms with Crippen LogP contribution in [0.3, 0.4) is 0 Å². The molecule has 0 radical (unpaired) electrons. The van der Waals surface area contributed by atoms with E-state index in [2.05, 4.69) is 5.10 Å². The summed E-state index contributed by atoms with van der Waals surface area (Å²) in [7, 11) is 0. The zero-order chi connectivity index (χ0) is 13.1. The van der Waals surface area contributed by atoms with Crippen molar-refractivity contribution in [3.63, 3.8) is 0 Å². The van der Waals surface area contributed by atoms with Gasteiger partial charge in [-0.05, 0) is 25.1 Å². The molecule has 0 fully saturated rings. The van der Waals surface area contributed by atoms with E-state index in [-0.39, 0.29) is 11.3 Å². The van der Waals surface area contributed by atoms with E-state index in [0.29, 0.717) is 0 Å². The Labute approximate surface area is 94.8 Å². The number of alkyl halides is 3. The van der Waals surface area contributed by atoms with E-state index in [1.165, 1.54) is 18.2 Å². The van der Waals surface area contributed by atoms with Crippen LogP contribution in [0.5, 0.6) is 5.75 Å². The molecule has 0 atom stereocenters. The zero-order valence-corrected chi connectivity index (χ0v) is 8.75. The van der Waals surface area contributed by atoms with E-state index in [4.69, 9.17) is 5.11 Å². The number of aromatic hydroxyl groups is 1. The molecule has 4 nitrogen and oxygen atoms in total. The number of carbonyl (C=O) groups excluding carboxylic acids is 1. The first-order valence-corrected chi connectivity index (χ1v) is 4.51.